The van der Waals surface area contributed by atoms with Crippen molar-refractivity contribution in [1.29, 1.82) is 0 Å². The van der Waals surface area contributed by atoms with E-state index < -0.39 is 11.5 Å². The molecule has 4 rings (SSSR count). The molecule has 1 saturated heterocycles. The molecule has 148 valence electrons. The fourth-order valence-corrected chi connectivity index (χ4v) is 4.20. The van der Waals surface area contributed by atoms with E-state index in [-0.39, 0.29) is 11.5 Å². The lowest BCUT2D eigenvalue weighted by Gasteiger charge is -2.26. The van der Waals surface area contributed by atoms with Gasteiger partial charge < -0.3 is 14.6 Å². The SMILES string of the molecule is Cc1cc(C(=O)N2CCSCC2)ccc1NC(=O)c1cc2ccccc2oc1=O. The number of hydrogen-bond donors (Lipinski definition) is 1. The lowest BCUT2D eigenvalue weighted by molar-refractivity contribution is 0.0772. The summed E-state index contributed by atoms with van der Waals surface area (Å²) in [6.07, 6.45) is 0. The van der Waals surface area contributed by atoms with Gasteiger partial charge in [0.05, 0.1) is 0 Å². The molecule has 0 bridgehead atoms. The molecule has 0 unspecified atom stereocenters. The average Bonchev–Trinajstić information content (AvgIpc) is 2.74. The van der Waals surface area contributed by atoms with Crippen molar-refractivity contribution in [2.75, 3.05) is 29.9 Å². The predicted octanol–water partition coefficient (Wildman–Crippen LogP) is 3.54. The number of nitrogens with one attached hydrogen (secondary N) is 1. The Labute approximate surface area is 171 Å². The number of anilines is 1. The standard InChI is InChI=1S/C22H20N2O4S/c1-14-12-16(21(26)24-8-10-29-11-9-24)6-7-18(14)23-20(25)17-13-15-4-2-3-5-19(15)28-22(17)27/h2-7,12-13H,8-11H2,1H3,(H,23,25). The Balaban J connectivity index is 1.55. The molecular weight excluding hydrogens is 388 g/mol. The van der Waals surface area contributed by atoms with Crippen molar-refractivity contribution in [2.24, 2.45) is 0 Å². The van der Waals surface area contributed by atoms with E-state index in [9.17, 15) is 14.4 Å². The summed E-state index contributed by atoms with van der Waals surface area (Å²) >= 11 is 1.85. The number of hydrogen-bond acceptors (Lipinski definition) is 5. The summed E-state index contributed by atoms with van der Waals surface area (Å²) in [7, 11) is 0. The number of nitrogens with zero attached hydrogens (tertiary/aromatic N) is 1. The summed E-state index contributed by atoms with van der Waals surface area (Å²) in [6, 6.07) is 13.7. The molecule has 2 amide bonds. The molecule has 3 aromatic rings. The van der Waals surface area contributed by atoms with Crippen LogP contribution in [0.25, 0.3) is 11.0 Å². The van der Waals surface area contributed by atoms with Gasteiger partial charge in [0.2, 0.25) is 0 Å². The van der Waals surface area contributed by atoms with Gasteiger partial charge in [-0.25, -0.2) is 4.79 Å². The van der Waals surface area contributed by atoms with Crippen LogP contribution in [0.5, 0.6) is 0 Å². The number of thioether (sulfide) groups is 1. The Bertz CT molecular complexity index is 1150. The quantitative estimate of drug-likeness (QED) is 0.671. The monoisotopic (exact) mass is 408 g/mol. The van der Waals surface area contributed by atoms with Crippen molar-refractivity contribution < 1.29 is 14.0 Å². The molecule has 1 aliphatic rings. The highest BCUT2D eigenvalue weighted by Crippen LogP contribution is 2.20. The number of fused-ring (bicyclic) bond motifs is 1. The Kier molecular flexibility index (Phi) is 5.40. The molecule has 0 spiro atoms. The van der Waals surface area contributed by atoms with E-state index in [2.05, 4.69) is 5.32 Å². The lowest BCUT2D eigenvalue weighted by atomic mass is 10.1. The first-order valence-electron chi connectivity index (χ1n) is 9.35. The van der Waals surface area contributed by atoms with Crippen LogP contribution in [-0.2, 0) is 0 Å². The molecular formula is C22H20N2O4S. The number of para-hydroxylation sites is 1. The third-order valence-electron chi connectivity index (χ3n) is 4.91. The topological polar surface area (TPSA) is 79.6 Å². The zero-order valence-corrected chi connectivity index (χ0v) is 16.8. The van der Waals surface area contributed by atoms with Crippen LogP contribution >= 0.6 is 11.8 Å². The van der Waals surface area contributed by atoms with Gasteiger partial charge in [0, 0.05) is 41.2 Å². The summed E-state index contributed by atoms with van der Waals surface area (Å²) < 4.78 is 5.23. The Morgan fingerprint density at radius 1 is 1.07 bits per heavy atom. The Hall–Kier alpha value is -3.06. The van der Waals surface area contributed by atoms with Gasteiger partial charge in [0.25, 0.3) is 11.8 Å². The molecule has 2 heterocycles. The van der Waals surface area contributed by atoms with Crippen LogP contribution in [0.15, 0.2) is 57.7 Å². The third kappa shape index (κ3) is 4.05. The Morgan fingerprint density at radius 2 is 1.83 bits per heavy atom. The summed E-state index contributed by atoms with van der Waals surface area (Å²) in [5.41, 5.74) is 1.58. The van der Waals surface area contributed by atoms with Crippen LogP contribution < -0.4 is 10.9 Å². The number of aryl methyl sites for hydroxylation is 1. The molecule has 0 saturated carbocycles. The number of benzene rings is 2. The highest BCUT2D eigenvalue weighted by Gasteiger charge is 2.20. The van der Waals surface area contributed by atoms with Crippen LogP contribution in [0.2, 0.25) is 0 Å². The molecule has 29 heavy (non-hydrogen) atoms. The maximum atomic E-state index is 12.7. The van der Waals surface area contributed by atoms with Crippen molar-refractivity contribution >= 4 is 40.2 Å². The molecule has 0 atom stereocenters. The largest absolute Gasteiger partial charge is 0.422 e. The summed E-state index contributed by atoms with van der Waals surface area (Å²) in [6.45, 7) is 3.32. The maximum absolute atomic E-state index is 12.7. The van der Waals surface area contributed by atoms with E-state index in [1.165, 1.54) is 6.07 Å². The minimum atomic E-state index is -0.686. The number of carbonyl (C=O) groups is 2. The van der Waals surface area contributed by atoms with Crippen LogP contribution in [0.3, 0.4) is 0 Å². The van der Waals surface area contributed by atoms with Gasteiger partial charge in [-0.15, -0.1) is 0 Å². The smallest absolute Gasteiger partial charge is 0.349 e. The van der Waals surface area contributed by atoms with Gasteiger partial charge in [-0.2, -0.15) is 11.8 Å². The Morgan fingerprint density at radius 3 is 2.59 bits per heavy atom. The molecule has 1 fully saturated rings. The lowest BCUT2D eigenvalue weighted by Crippen LogP contribution is -2.37. The molecule has 1 aromatic heterocycles. The van der Waals surface area contributed by atoms with E-state index in [1.807, 2.05) is 29.7 Å². The van der Waals surface area contributed by atoms with Crippen molar-refractivity contribution in [2.45, 2.75) is 6.92 Å². The molecule has 7 heteroatoms. The predicted molar refractivity (Wildman–Crippen MR) is 115 cm³/mol. The third-order valence-corrected chi connectivity index (χ3v) is 5.85. The van der Waals surface area contributed by atoms with Gasteiger partial charge in [-0.05, 0) is 42.8 Å². The zero-order chi connectivity index (χ0) is 20.4. The summed E-state index contributed by atoms with van der Waals surface area (Å²) in [5.74, 6) is 1.36. The summed E-state index contributed by atoms with van der Waals surface area (Å²) in [5, 5.41) is 3.43. The van der Waals surface area contributed by atoms with E-state index in [0.717, 1.165) is 30.2 Å². The highest BCUT2D eigenvalue weighted by atomic mass is 32.2. The molecule has 1 aliphatic heterocycles. The molecule has 6 nitrogen and oxygen atoms in total. The molecule has 0 radical (unpaired) electrons. The minimum Gasteiger partial charge on any atom is -0.422 e. The number of carbonyl (C=O) groups excluding carboxylic acids is 2. The van der Waals surface area contributed by atoms with Crippen LogP contribution in [0.4, 0.5) is 5.69 Å². The molecule has 0 aliphatic carbocycles. The highest BCUT2D eigenvalue weighted by molar-refractivity contribution is 7.99. The second-order valence-electron chi connectivity index (χ2n) is 6.87. The van der Waals surface area contributed by atoms with Gasteiger partial charge in [0.1, 0.15) is 11.1 Å². The van der Waals surface area contributed by atoms with Crippen molar-refractivity contribution in [1.82, 2.24) is 4.90 Å². The van der Waals surface area contributed by atoms with Crippen LogP contribution in [-0.4, -0.2) is 41.3 Å². The second kappa shape index (κ2) is 8.13. The second-order valence-corrected chi connectivity index (χ2v) is 8.10. The van der Waals surface area contributed by atoms with E-state index in [1.54, 1.807) is 36.4 Å². The zero-order valence-electron chi connectivity index (χ0n) is 15.9. The first kappa shape index (κ1) is 19.3. The van der Waals surface area contributed by atoms with Crippen molar-refractivity contribution in [3.8, 4) is 0 Å². The van der Waals surface area contributed by atoms with E-state index >= 15 is 0 Å². The maximum Gasteiger partial charge on any atom is 0.349 e. The van der Waals surface area contributed by atoms with E-state index in [0.29, 0.717) is 22.2 Å². The number of amides is 2. The molecule has 1 N–H and O–H groups in total. The van der Waals surface area contributed by atoms with Gasteiger partial charge in [-0.3, -0.25) is 9.59 Å². The molecule has 2 aromatic carbocycles. The average molecular weight is 408 g/mol. The van der Waals surface area contributed by atoms with Crippen LogP contribution in [0.1, 0.15) is 26.3 Å². The van der Waals surface area contributed by atoms with E-state index in [4.69, 9.17) is 4.42 Å². The van der Waals surface area contributed by atoms with Crippen LogP contribution in [0, 0.1) is 6.92 Å². The van der Waals surface area contributed by atoms with Crippen molar-refractivity contribution in [3.63, 3.8) is 0 Å². The fraction of sp³-hybridized carbons (Fsp3) is 0.227. The van der Waals surface area contributed by atoms with Crippen molar-refractivity contribution in [3.05, 3.63) is 75.6 Å². The first-order chi connectivity index (χ1) is 14.0. The van der Waals surface area contributed by atoms with Gasteiger partial charge >= 0.3 is 5.63 Å². The fourth-order valence-electron chi connectivity index (χ4n) is 3.30. The summed E-state index contributed by atoms with van der Waals surface area (Å²) in [4.78, 5) is 39.3. The van der Waals surface area contributed by atoms with Gasteiger partial charge in [0.15, 0.2) is 0 Å². The normalized spacial score (nSPS) is 14.0. The first-order valence-corrected chi connectivity index (χ1v) is 10.5. The van der Waals surface area contributed by atoms with Gasteiger partial charge in [-0.1, -0.05) is 18.2 Å². The number of rotatable bonds is 3. The minimum absolute atomic E-state index is 0.00134.